The van der Waals surface area contributed by atoms with Gasteiger partial charge in [-0.2, -0.15) is 0 Å². The summed E-state index contributed by atoms with van der Waals surface area (Å²) in [5.41, 5.74) is 1.93. The van der Waals surface area contributed by atoms with E-state index in [0.29, 0.717) is 0 Å². The van der Waals surface area contributed by atoms with Gasteiger partial charge in [0.1, 0.15) is 12.4 Å². The van der Waals surface area contributed by atoms with E-state index < -0.39 is 6.10 Å². The number of hydrogen-bond donors (Lipinski definition) is 1. The average Bonchev–Trinajstić information content (AvgIpc) is 2.29. The Morgan fingerprint density at radius 2 is 1.81 bits per heavy atom. The lowest BCUT2D eigenvalue weighted by atomic mass is 9.94. The molecule has 3 nitrogen and oxygen atoms in total. The van der Waals surface area contributed by atoms with E-state index in [9.17, 15) is 5.11 Å². The molecule has 1 unspecified atom stereocenters. The molecule has 0 radical (unpaired) electrons. The van der Waals surface area contributed by atoms with Crippen molar-refractivity contribution in [1.29, 1.82) is 0 Å². The van der Waals surface area contributed by atoms with Crippen molar-refractivity contribution in [2.45, 2.75) is 44.6 Å². The van der Waals surface area contributed by atoms with Gasteiger partial charge in [0.25, 0.3) is 0 Å². The van der Waals surface area contributed by atoms with E-state index in [-0.39, 0.29) is 0 Å². The Balaban J connectivity index is 2.10. The lowest BCUT2D eigenvalue weighted by molar-refractivity contribution is 0.208. The molecule has 1 aromatic rings. The highest BCUT2D eigenvalue weighted by Gasteiger charge is 2.14. The summed E-state index contributed by atoms with van der Waals surface area (Å²) < 4.78 is 0. The predicted molar refractivity (Wildman–Crippen MR) is 62.8 cm³/mol. The molecule has 0 fully saturated rings. The Morgan fingerprint density at radius 3 is 2.62 bits per heavy atom. The summed E-state index contributed by atoms with van der Waals surface area (Å²) in [7, 11) is 0. The molecule has 1 aromatic heterocycles. The van der Waals surface area contributed by atoms with E-state index in [2.05, 4.69) is 16.0 Å². The molecule has 0 spiro atoms. The average molecular weight is 218 g/mol. The first-order valence-electron chi connectivity index (χ1n) is 6.00. The number of hydrogen-bond acceptors (Lipinski definition) is 3. The fraction of sp³-hybridized carbons (Fsp3) is 0.538. The minimum Gasteiger partial charge on any atom is -0.384 e. The topological polar surface area (TPSA) is 46.0 Å². The molecule has 0 bridgehead atoms. The molecule has 0 saturated heterocycles. The molecule has 0 aliphatic heterocycles. The van der Waals surface area contributed by atoms with Crippen LogP contribution in [-0.2, 0) is 0 Å². The number of rotatable bonds is 2. The summed E-state index contributed by atoms with van der Waals surface area (Å²) in [6, 6.07) is 0. The van der Waals surface area contributed by atoms with E-state index in [4.69, 9.17) is 0 Å². The molecular formula is C13H18N2O. The van der Waals surface area contributed by atoms with Crippen LogP contribution in [0.4, 0.5) is 0 Å². The summed E-state index contributed by atoms with van der Waals surface area (Å²) in [6.07, 6.45) is 13.6. The lowest BCUT2D eigenvalue weighted by Gasteiger charge is -2.17. The van der Waals surface area contributed by atoms with Gasteiger partial charge in [0, 0.05) is 18.0 Å². The fourth-order valence-electron chi connectivity index (χ4n) is 2.13. The Morgan fingerprint density at radius 1 is 1.06 bits per heavy atom. The third-order valence-electron chi connectivity index (χ3n) is 3.07. The molecule has 16 heavy (non-hydrogen) atoms. The van der Waals surface area contributed by atoms with Gasteiger partial charge in [-0.15, -0.1) is 0 Å². The SMILES string of the molecule is OC(C1=CCCCCCC1)c1cncnc1. The van der Waals surface area contributed by atoms with Crippen molar-refractivity contribution >= 4 is 0 Å². The predicted octanol–water partition coefficient (Wildman–Crippen LogP) is 2.79. The summed E-state index contributed by atoms with van der Waals surface area (Å²) in [6.45, 7) is 0. The van der Waals surface area contributed by atoms with Crippen LogP contribution in [0, 0.1) is 0 Å². The van der Waals surface area contributed by atoms with Gasteiger partial charge in [0.05, 0.1) is 0 Å². The van der Waals surface area contributed by atoms with Crippen LogP contribution in [0.5, 0.6) is 0 Å². The van der Waals surface area contributed by atoms with Crippen LogP contribution in [0.1, 0.15) is 50.2 Å². The first-order valence-corrected chi connectivity index (χ1v) is 6.00. The Bertz CT molecular complexity index is 348. The quantitative estimate of drug-likeness (QED) is 0.776. The Kier molecular flexibility index (Phi) is 4.05. The zero-order chi connectivity index (χ0) is 11.2. The smallest absolute Gasteiger partial charge is 0.115 e. The maximum Gasteiger partial charge on any atom is 0.115 e. The summed E-state index contributed by atoms with van der Waals surface area (Å²) >= 11 is 0. The van der Waals surface area contributed by atoms with Gasteiger partial charge in [-0.05, 0) is 31.3 Å². The van der Waals surface area contributed by atoms with Gasteiger partial charge in [0.15, 0.2) is 0 Å². The maximum atomic E-state index is 10.2. The van der Waals surface area contributed by atoms with Crippen LogP contribution < -0.4 is 0 Å². The summed E-state index contributed by atoms with van der Waals surface area (Å²) in [5.74, 6) is 0. The summed E-state index contributed by atoms with van der Waals surface area (Å²) in [4.78, 5) is 7.89. The van der Waals surface area contributed by atoms with Crippen LogP contribution in [-0.4, -0.2) is 15.1 Å². The third-order valence-corrected chi connectivity index (χ3v) is 3.07. The van der Waals surface area contributed by atoms with Crippen LogP contribution in [0.2, 0.25) is 0 Å². The van der Waals surface area contributed by atoms with Crippen LogP contribution in [0.3, 0.4) is 0 Å². The highest BCUT2D eigenvalue weighted by atomic mass is 16.3. The van der Waals surface area contributed by atoms with Crippen molar-refractivity contribution in [3.05, 3.63) is 35.9 Å². The second-order valence-electron chi connectivity index (χ2n) is 4.31. The largest absolute Gasteiger partial charge is 0.384 e. The molecule has 1 aliphatic carbocycles. The van der Waals surface area contributed by atoms with Crippen LogP contribution in [0.15, 0.2) is 30.4 Å². The number of aromatic nitrogens is 2. The van der Waals surface area contributed by atoms with Crippen LogP contribution >= 0.6 is 0 Å². The van der Waals surface area contributed by atoms with Crippen molar-refractivity contribution in [3.8, 4) is 0 Å². The van der Waals surface area contributed by atoms with Crippen molar-refractivity contribution in [3.63, 3.8) is 0 Å². The first-order chi connectivity index (χ1) is 7.88. The molecule has 3 heteroatoms. The molecular weight excluding hydrogens is 200 g/mol. The number of aliphatic hydroxyl groups is 1. The monoisotopic (exact) mass is 218 g/mol. The van der Waals surface area contributed by atoms with Gasteiger partial charge in [0.2, 0.25) is 0 Å². The number of nitrogens with zero attached hydrogens (tertiary/aromatic N) is 2. The van der Waals surface area contributed by atoms with E-state index in [1.165, 1.54) is 32.0 Å². The number of allylic oxidation sites excluding steroid dienone is 1. The standard InChI is InChI=1S/C13H18N2O/c16-13(12-8-14-10-15-9-12)11-6-4-2-1-3-5-7-11/h6,8-10,13,16H,1-5,7H2. The van der Waals surface area contributed by atoms with Gasteiger partial charge < -0.3 is 5.11 Å². The minimum atomic E-state index is -0.515. The van der Waals surface area contributed by atoms with Gasteiger partial charge >= 0.3 is 0 Å². The first kappa shape index (κ1) is 11.3. The molecule has 1 aliphatic rings. The Labute approximate surface area is 96.3 Å². The highest BCUT2D eigenvalue weighted by Crippen LogP contribution is 2.27. The van der Waals surface area contributed by atoms with Crippen LogP contribution in [0.25, 0.3) is 0 Å². The van der Waals surface area contributed by atoms with E-state index in [1.807, 2.05) is 0 Å². The van der Waals surface area contributed by atoms with Crippen molar-refractivity contribution in [2.24, 2.45) is 0 Å². The van der Waals surface area contributed by atoms with E-state index in [1.54, 1.807) is 12.4 Å². The van der Waals surface area contributed by atoms with Gasteiger partial charge in [-0.25, -0.2) is 9.97 Å². The molecule has 86 valence electrons. The zero-order valence-electron chi connectivity index (χ0n) is 9.47. The maximum absolute atomic E-state index is 10.2. The molecule has 2 rings (SSSR count). The highest BCUT2D eigenvalue weighted by molar-refractivity contribution is 5.21. The minimum absolute atomic E-state index is 0.515. The van der Waals surface area contributed by atoms with Gasteiger partial charge in [-0.3, -0.25) is 0 Å². The Hall–Kier alpha value is -1.22. The second-order valence-corrected chi connectivity index (χ2v) is 4.31. The van der Waals surface area contributed by atoms with Gasteiger partial charge in [-0.1, -0.05) is 18.9 Å². The zero-order valence-corrected chi connectivity index (χ0v) is 9.47. The van der Waals surface area contributed by atoms with Crippen molar-refractivity contribution in [2.75, 3.05) is 0 Å². The normalized spacial score (nSPS) is 19.4. The molecule has 1 N–H and O–H groups in total. The van der Waals surface area contributed by atoms with Crippen molar-refractivity contribution < 1.29 is 5.11 Å². The molecule has 0 amide bonds. The number of aliphatic hydroxyl groups excluding tert-OH is 1. The fourth-order valence-corrected chi connectivity index (χ4v) is 2.13. The summed E-state index contributed by atoms with van der Waals surface area (Å²) in [5, 5.41) is 10.2. The van der Waals surface area contributed by atoms with Crippen molar-refractivity contribution in [1.82, 2.24) is 9.97 Å². The molecule has 0 saturated carbocycles. The van der Waals surface area contributed by atoms with E-state index >= 15 is 0 Å². The van der Waals surface area contributed by atoms with E-state index in [0.717, 1.165) is 24.0 Å². The lowest BCUT2D eigenvalue weighted by Crippen LogP contribution is -2.04. The second kappa shape index (κ2) is 5.75. The molecule has 0 aromatic carbocycles. The third kappa shape index (κ3) is 2.89. The molecule has 1 heterocycles. The molecule has 1 atom stereocenters.